The summed E-state index contributed by atoms with van der Waals surface area (Å²) in [5, 5.41) is 3.44. The Bertz CT molecular complexity index is 1140. The number of imidazole rings is 1. The van der Waals surface area contributed by atoms with E-state index in [2.05, 4.69) is 40.8 Å². The van der Waals surface area contributed by atoms with Gasteiger partial charge in [-0.2, -0.15) is 0 Å². The Labute approximate surface area is 173 Å². The number of hydrogen-bond acceptors (Lipinski definition) is 6. The minimum Gasteiger partial charge on any atom is -0.462 e. The summed E-state index contributed by atoms with van der Waals surface area (Å²) >= 11 is 1.70. The van der Waals surface area contributed by atoms with Crippen molar-refractivity contribution in [1.82, 2.24) is 14.4 Å². The van der Waals surface area contributed by atoms with E-state index in [1.807, 2.05) is 22.7 Å². The highest BCUT2D eigenvalue weighted by Gasteiger charge is 2.15. The van der Waals surface area contributed by atoms with Crippen molar-refractivity contribution in [1.29, 1.82) is 0 Å². The number of rotatable bonds is 6. The zero-order valence-corrected chi connectivity index (χ0v) is 16.9. The van der Waals surface area contributed by atoms with Gasteiger partial charge in [-0.3, -0.25) is 9.38 Å². The number of carbonyl (C=O) groups excluding carboxylic acids is 1. The van der Waals surface area contributed by atoms with Crippen molar-refractivity contribution in [3.05, 3.63) is 72.7 Å². The molecular weight excluding hydrogens is 384 g/mol. The first-order valence-corrected chi connectivity index (χ1v) is 10.4. The summed E-state index contributed by atoms with van der Waals surface area (Å²) in [4.78, 5) is 22.0. The maximum atomic E-state index is 11.9. The van der Waals surface area contributed by atoms with Crippen LogP contribution in [0.1, 0.15) is 17.3 Å². The van der Waals surface area contributed by atoms with Crippen LogP contribution in [0.25, 0.3) is 16.9 Å². The highest BCUT2D eigenvalue weighted by atomic mass is 32.2. The molecule has 0 spiro atoms. The van der Waals surface area contributed by atoms with Crippen LogP contribution >= 0.6 is 11.8 Å². The molecule has 0 unspecified atom stereocenters. The average Bonchev–Trinajstić information content (AvgIpc) is 3.13. The van der Waals surface area contributed by atoms with E-state index in [4.69, 9.17) is 9.72 Å². The van der Waals surface area contributed by atoms with E-state index in [1.165, 1.54) is 4.90 Å². The molecule has 0 radical (unpaired) electrons. The van der Waals surface area contributed by atoms with Crippen LogP contribution in [-0.2, 0) is 4.74 Å². The smallest absolute Gasteiger partial charge is 0.338 e. The summed E-state index contributed by atoms with van der Waals surface area (Å²) in [7, 11) is 0. The maximum absolute atomic E-state index is 11.9. The van der Waals surface area contributed by atoms with Gasteiger partial charge in [-0.25, -0.2) is 9.78 Å². The molecule has 2 aromatic carbocycles. The lowest BCUT2D eigenvalue weighted by Crippen LogP contribution is -2.04. The number of benzene rings is 2. The Balaban J connectivity index is 1.71. The van der Waals surface area contributed by atoms with Crippen LogP contribution in [0.2, 0.25) is 0 Å². The fourth-order valence-corrected chi connectivity index (χ4v) is 3.43. The maximum Gasteiger partial charge on any atom is 0.338 e. The molecule has 0 fully saturated rings. The van der Waals surface area contributed by atoms with Crippen molar-refractivity contribution in [3.63, 3.8) is 0 Å². The van der Waals surface area contributed by atoms with Crippen molar-refractivity contribution in [3.8, 4) is 11.3 Å². The molecule has 1 N–H and O–H groups in total. The summed E-state index contributed by atoms with van der Waals surface area (Å²) in [5.74, 6) is 0.512. The van der Waals surface area contributed by atoms with Crippen LogP contribution in [0.3, 0.4) is 0 Å². The first-order valence-electron chi connectivity index (χ1n) is 9.20. The highest BCUT2D eigenvalue weighted by molar-refractivity contribution is 7.98. The van der Waals surface area contributed by atoms with Crippen molar-refractivity contribution in [2.75, 3.05) is 18.2 Å². The Morgan fingerprint density at radius 2 is 1.90 bits per heavy atom. The van der Waals surface area contributed by atoms with Gasteiger partial charge in [0.15, 0.2) is 5.65 Å². The van der Waals surface area contributed by atoms with E-state index in [-0.39, 0.29) is 5.97 Å². The first-order chi connectivity index (χ1) is 14.2. The third kappa shape index (κ3) is 3.95. The number of fused-ring (bicyclic) bond motifs is 1. The zero-order valence-electron chi connectivity index (χ0n) is 16.1. The van der Waals surface area contributed by atoms with Gasteiger partial charge in [-0.05, 0) is 49.6 Å². The molecule has 4 rings (SSSR count). The van der Waals surface area contributed by atoms with Gasteiger partial charge in [0.25, 0.3) is 0 Å². The number of esters is 1. The van der Waals surface area contributed by atoms with Crippen molar-refractivity contribution >= 4 is 34.9 Å². The number of hydrogen-bond donors (Lipinski definition) is 1. The fourth-order valence-electron chi connectivity index (χ4n) is 3.02. The molecule has 0 saturated heterocycles. The van der Waals surface area contributed by atoms with Gasteiger partial charge in [0.2, 0.25) is 0 Å². The molecule has 0 aliphatic rings. The second kappa shape index (κ2) is 8.36. The molecule has 6 nitrogen and oxygen atoms in total. The van der Waals surface area contributed by atoms with Gasteiger partial charge in [-0.15, -0.1) is 11.8 Å². The van der Waals surface area contributed by atoms with E-state index in [0.717, 1.165) is 28.4 Å². The summed E-state index contributed by atoms with van der Waals surface area (Å²) in [5.41, 5.74) is 3.96. The Morgan fingerprint density at radius 1 is 1.14 bits per heavy atom. The molecule has 0 bridgehead atoms. The number of nitrogens with zero attached hydrogens (tertiary/aromatic N) is 3. The average molecular weight is 404 g/mol. The second-order valence-electron chi connectivity index (χ2n) is 6.26. The van der Waals surface area contributed by atoms with Gasteiger partial charge >= 0.3 is 5.97 Å². The van der Waals surface area contributed by atoms with Gasteiger partial charge in [-0.1, -0.05) is 12.1 Å². The molecule has 2 aromatic heterocycles. The van der Waals surface area contributed by atoms with Gasteiger partial charge in [0, 0.05) is 28.5 Å². The van der Waals surface area contributed by atoms with Gasteiger partial charge in [0.1, 0.15) is 11.5 Å². The van der Waals surface area contributed by atoms with Crippen LogP contribution in [-0.4, -0.2) is 33.2 Å². The normalized spacial score (nSPS) is 10.8. The Hall–Kier alpha value is -3.32. The quantitative estimate of drug-likeness (QED) is 0.359. The van der Waals surface area contributed by atoms with E-state index in [1.54, 1.807) is 43.2 Å². The predicted molar refractivity (Wildman–Crippen MR) is 116 cm³/mol. The third-order valence-electron chi connectivity index (χ3n) is 4.45. The molecular formula is C22H20N4O2S. The van der Waals surface area contributed by atoms with Crippen LogP contribution in [0.4, 0.5) is 11.5 Å². The van der Waals surface area contributed by atoms with E-state index < -0.39 is 0 Å². The van der Waals surface area contributed by atoms with Crippen LogP contribution in [0.15, 0.2) is 72.0 Å². The minimum absolute atomic E-state index is 0.325. The Kier molecular flexibility index (Phi) is 5.48. The summed E-state index contributed by atoms with van der Waals surface area (Å²) < 4.78 is 7.01. The lowest BCUT2D eigenvalue weighted by molar-refractivity contribution is 0.0526. The van der Waals surface area contributed by atoms with Crippen LogP contribution in [0.5, 0.6) is 0 Å². The molecule has 29 heavy (non-hydrogen) atoms. The summed E-state index contributed by atoms with van der Waals surface area (Å²) in [6.07, 6.45) is 7.38. The van der Waals surface area contributed by atoms with E-state index in [0.29, 0.717) is 12.2 Å². The number of carbonyl (C=O) groups is 1. The standard InChI is InChI=1S/C22H20N4O2S/c1-3-28-22(27)16-4-8-17(9-5-16)24-21-20(15-6-10-18(29-2)11-7-15)25-19-14-23-12-13-26(19)21/h4-14,24H,3H2,1-2H3. The lowest BCUT2D eigenvalue weighted by Gasteiger charge is -2.10. The number of ether oxygens (including phenoxy) is 1. The monoisotopic (exact) mass is 404 g/mol. The van der Waals surface area contributed by atoms with Gasteiger partial charge < -0.3 is 10.1 Å². The van der Waals surface area contributed by atoms with E-state index in [9.17, 15) is 4.79 Å². The molecule has 0 atom stereocenters. The number of thioether (sulfide) groups is 1. The SMILES string of the molecule is CCOC(=O)c1ccc(Nc2c(-c3ccc(SC)cc3)nc3cnccn23)cc1. The lowest BCUT2D eigenvalue weighted by atomic mass is 10.1. The van der Waals surface area contributed by atoms with Crippen LogP contribution in [0, 0.1) is 0 Å². The summed E-state index contributed by atoms with van der Waals surface area (Å²) in [6, 6.07) is 15.5. The molecule has 7 heteroatoms. The minimum atomic E-state index is -0.325. The molecule has 0 amide bonds. The second-order valence-corrected chi connectivity index (χ2v) is 7.14. The molecule has 146 valence electrons. The third-order valence-corrected chi connectivity index (χ3v) is 5.20. The molecule has 4 aromatic rings. The van der Waals surface area contributed by atoms with Crippen molar-refractivity contribution in [2.24, 2.45) is 0 Å². The number of anilines is 2. The largest absolute Gasteiger partial charge is 0.462 e. The summed E-state index contributed by atoms with van der Waals surface area (Å²) in [6.45, 7) is 2.15. The van der Waals surface area contributed by atoms with Crippen molar-refractivity contribution in [2.45, 2.75) is 11.8 Å². The topological polar surface area (TPSA) is 68.5 Å². The number of nitrogens with one attached hydrogen (secondary N) is 1. The molecule has 0 aliphatic carbocycles. The van der Waals surface area contributed by atoms with Crippen molar-refractivity contribution < 1.29 is 9.53 Å². The first kappa shape index (κ1) is 19.0. The predicted octanol–water partition coefficient (Wildman–Crippen LogP) is 5.04. The van der Waals surface area contributed by atoms with E-state index >= 15 is 0 Å². The molecule has 2 heterocycles. The number of aromatic nitrogens is 3. The fraction of sp³-hybridized carbons (Fsp3) is 0.136. The zero-order chi connectivity index (χ0) is 20.2. The molecule has 0 aliphatic heterocycles. The highest BCUT2D eigenvalue weighted by Crippen LogP contribution is 2.32. The van der Waals surface area contributed by atoms with Gasteiger partial charge in [0.05, 0.1) is 18.4 Å². The van der Waals surface area contributed by atoms with Crippen LogP contribution < -0.4 is 5.32 Å². The Morgan fingerprint density at radius 3 is 2.59 bits per heavy atom. The molecule has 0 saturated carbocycles.